The zero-order valence-electron chi connectivity index (χ0n) is 18.2. The number of nitrogens with one attached hydrogen (secondary N) is 1. The Labute approximate surface area is 215 Å². The maximum Gasteiger partial charge on any atom is 0.414 e. The fourth-order valence-electron chi connectivity index (χ4n) is 3.36. The number of hydrogen-bond donors (Lipinski definition) is 3. The molecule has 0 aromatic heterocycles. The number of carbonyl (C=O) groups excluding carboxylic acids is 1. The van der Waals surface area contributed by atoms with Gasteiger partial charge in [0.25, 0.3) is 5.91 Å². The van der Waals surface area contributed by atoms with E-state index < -0.39 is 11.9 Å². The first-order valence-corrected chi connectivity index (χ1v) is 11.5. The van der Waals surface area contributed by atoms with Crippen LogP contribution in [0.15, 0.2) is 47.6 Å². The van der Waals surface area contributed by atoms with E-state index in [2.05, 4.69) is 10.5 Å². The van der Waals surface area contributed by atoms with Crippen LogP contribution in [0.25, 0.3) is 0 Å². The standard InChI is InChI=1S/C20H19Cl3N4O2.C2H2O4/c21-14-3-1-13(2-4-14)19-12-17(20(28)25-26-7-9-29-10-8-26)24-27(19)18-6-5-15(22)11-16(18)23;3-1(4)2(5)6/h1-6,11,19H,7-10,12H2,(H,25,28);(H,3,4)(H,5,6). The molecule has 10 nitrogen and oxygen atoms in total. The third-order valence-corrected chi connectivity index (χ3v) is 5.83. The molecule has 0 spiro atoms. The first-order valence-electron chi connectivity index (χ1n) is 10.3. The summed E-state index contributed by atoms with van der Waals surface area (Å²) in [5, 5.41) is 24.7. The zero-order valence-corrected chi connectivity index (χ0v) is 20.4. The van der Waals surface area contributed by atoms with Crippen molar-refractivity contribution in [2.24, 2.45) is 5.10 Å². The average Bonchev–Trinajstić information content (AvgIpc) is 3.26. The van der Waals surface area contributed by atoms with Gasteiger partial charge in [-0.1, -0.05) is 46.9 Å². The average molecular weight is 544 g/mol. The van der Waals surface area contributed by atoms with Crippen LogP contribution in [0.1, 0.15) is 18.0 Å². The van der Waals surface area contributed by atoms with Crippen LogP contribution in [0.3, 0.4) is 0 Å². The molecule has 1 amide bonds. The van der Waals surface area contributed by atoms with Gasteiger partial charge in [-0.2, -0.15) is 5.10 Å². The lowest BCUT2D eigenvalue weighted by Crippen LogP contribution is -2.50. The second-order valence-electron chi connectivity index (χ2n) is 7.41. The number of carboxylic acid groups (broad SMARTS) is 2. The van der Waals surface area contributed by atoms with E-state index in [0.717, 1.165) is 5.56 Å². The van der Waals surface area contributed by atoms with Crippen molar-refractivity contribution < 1.29 is 29.3 Å². The number of aliphatic carboxylic acids is 2. The maximum absolute atomic E-state index is 12.8. The predicted molar refractivity (Wildman–Crippen MR) is 131 cm³/mol. The van der Waals surface area contributed by atoms with Crippen molar-refractivity contribution in [1.29, 1.82) is 0 Å². The lowest BCUT2D eigenvalue weighted by molar-refractivity contribution is -0.159. The lowest BCUT2D eigenvalue weighted by Gasteiger charge is -2.26. The van der Waals surface area contributed by atoms with Crippen molar-refractivity contribution >= 4 is 64.0 Å². The Morgan fingerprint density at radius 1 is 0.943 bits per heavy atom. The second-order valence-corrected chi connectivity index (χ2v) is 8.69. The topological polar surface area (TPSA) is 132 Å². The predicted octanol–water partition coefficient (Wildman–Crippen LogP) is 3.47. The van der Waals surface area contributed by atoms with Gasteiger partial charge in [0.2, 0.25) is 0 Å². The highest BCUT2D eigenvalue weighted by Crippen LogP contribution is 2.39. The van der Waals surface area contributed by atoms with Crippen LogP contribution in [0.2, 0.25) is 15.1 Å². The highest BCUT2D eigenvalue weighted by atomic mass is 35.5. The normalized spacial score (nSPS) is 17.7. The van der Waals surface area contributed by atoms with Gasteiger partial charge in [-0.15, -0.1) is 0 Å². The SMILES string of the molecule is O=C(NN1CCOCC1)C1=NN(c2ccc(Cl)cc2Cl)C(c2ccc(Cl)cc2)C1.O=C(O)C(=O)O. The van der Waals surface area contributed by atoms with Gasteiger partial charge >= 0.3 is 11.9 Å². The Morgan fingerprint density at radius 3 is 2.11 bits per heavy atom. The molecule has 2 aromatic rings. The fourth-order valence-corrected chi connectivity index (χ4v) is 3.99. The number of morpholine rings is 1. The molecule has 0 saturated carbocycles. The number of anilines is 1. The van der Waals surface area contributed by atoms with E-state index in [4.69, 9.17) is 59.3 Å². The number of benzene rings is 2. The summed E-state index contributed by atoms with van der Waals surface area (Å²) in [4.78, 5) is 31.0. The van der Waals surface area contributed by atoms with E-state index in [-0.39, 0.29) is 11.9 Å². The van der Waals surface area contributed by atoms with Crippen molar-refractivity contribution in [2.45, 2.75) is 12.5 Å². The summed E-state index contributed by atoms with van der Waals surface area (Å²) >= 11 is 18.5. The van der Waals surface area contributed by atoms with Crippen LogP contribution in [0.4, 0.5) is 5.69 Å². The number of hydrogen-bond acceptors (Lipinski definition) is 7. The Kier molecular flexibility index (Phi) is 9.30. The van der Waals surface area contributed by atoms with Crippen molar-refractivity contribution in [1.82, 2.24) is 10.4 Å². The van der Waals surface area contributed by atoms with E-state index in [1.807, 2.05) is 29.3 Å². The fraction of sp³-hybridized carbons (Fsp3) is 0.273. The first kappa shape index (κ1) is 26.7. The molecule has 1 saturated heterocycles. The van der Waals surface area contributed by atoms with Gasteiger partial charge < -0.3 is 14.9 Å². The Morgan fingerprint density at radius 2 is 1.54 bits per heavy atom. The van der Waals surface area contributed by atoms with Gasteiger partial charge in [-0.25, -0.2) is 14.6 Å². The number of carbonyl (C=O) groups is 3. The van der Waals surface area contributed by atoms with Gasteiger partial charge in [0.1, 0.15) is 5.71 Å². The van der Waals surface area contributed by atoms with Crippen molar-refractivity contribution in [3.63, 3.8) is 0 Å². The molecule has 4 rings (SSSR count). The third-order valence-electron chi connectivity index (χ3n) is 5.04. The lowest BCUT2D eigenvalue weighted by atomic mass is 10.0. The number of hydrazone groups is 1. The summed E-state index contributed by atoms with van der Waals surface area (Å²) in [6.45, 7) is 2.47. The second kappa shape index (κ2) is 12.2. The minimum absolute atomic E-state index is 0.184. The molecule has 1 unspecified atom stereocenters. The molecule has 13 heteroatoms. The molecule has 0 radical (unpaired) electrons. The Bertz CT molecular complexity index is 1110. The number of halogens is 3. The van der Waals surface area contributed by atoms with Crippen LogP contribution in [0.5, 0.6) is 0 Å². The highest BCUT2D eigenvalue weighted by molar-refractivity contribution is 6.40. The molecule has 2 aromatic carbocycles. The van der Waals surface area contributed by atoms with Crippen molar-refractivity contribution in [2.75, 3.05) is 31.3 Å². The van der Waals surface area contributed by atoms with Gasteiger partial charge in [0, 0.05) is 29.6 Å². The molecule has 2 aliphatic heterocycles. The van der Waals surface area contributed by atoms with Gasteiger partial charge in [0.15, 0.2) is 0 Å². The van der Waals surface area contributed by atoms with E-state index in [0.29, 0.717) is 59.2 Å². The summed E-state index contributed by atoms with van der Waals surface area (Å²) in [6, 6.07) is 12.6. The molecule has 0 bridgehead atoms. The smallest absolute Gasteiger partial charge is 0.414 e. The molecule has 2 heterocycles. The van der Waals surface area contributed by atoms with E-state index >= 15 is 0 Å². The third kappa shape index (κ3) is 7.30. The molecule has 1 fully saturated rings. The van der Waals surface area contributed by atoms with E-state index in [1.165, 1.54) is 0 Å². The number of hydrazine groups is 1. The highest BCUT2D eigenvalue weighted by Gasteiger charge is 2.34. The van der Waals surface area contributed by atoms with Crippen LogP contribution in [0, 0.1) is 0 Å². The van der Waals surface area contributed by atoms with E-state index in [1.54, 1.807) is 23.2 Å². The molecule has 3 N–H and O–H groups in total. The molecule has 35 heavy (non-hydrogen) atoms. The minimum Gasteiger partial charge on any atom is -0.473 e. The van der Waals surface area contributed by atoms with E-state index in [9.17, 15) is 4.79 Å². The number of amides is 1. The van der Waals surface area contributed by atoms with Gasteiger partial charge in [0.05, 0.1) is 30.0 Å². The summed E-state index contributed by atoms with van der Waals surface area (Å²) < 4.78 is 5.32. The molecular formula is C22H21Cl3N4O6. The van der Waals surface area contributed by atoms with Crippen LogP contribution in [-0.4, -0.2) is 65.1 Å². The van der Waals surface area contributed by atoms with Crippen LogP contribution >= 0.6 is 34.8 Å². The molecule has 0 aliphatic carbocycles. The summed E-state index contributed by atoms with van der Waals surface area (Å²) in [6.07, 6.45) is 0.441. The molecule has 186 valence electrons. The first-order chi connectivity index (χ1) is 16.7. The van der Waals surface area contributed by atoms with Crippen molar-refractivity contribution in [3.05, 3.63) is 63.1 Å². The monoisotopic (exact) mass is 542 g/mol. The van der Waals surface area contributed by atoms with Gasteiger partial charge in [-0.05, 0) is 35.9 Å². The largest absolute Gasteiger partial charge is 0.473 e. The zero-order chi connectivity index (χ0) is 25.5. The maximum atomic E-state index is 12.8. The molecule has 1 atom stereocenters. The number of ether oxygens (including phenoxy) is 1. The van der Waals surface area contributed by atoms with Crippen LogP contribution in [-0.2, 0) is 19.1 Å². The molecular weight excluding hydrogens is 523 g/mol. The number of carboxylic acids is 2. The number of rotatable bonds is 4. The summed E-state index contributed by atoms with van der Waals surface area (Å²) in [5.74, 6) is -3.87. The van der Waals surface area contributed by atoms with Crippen molar-refractivity contribution in [3.8, 4) is 0 Å². The summed E-state index contributed by atoms with van der Waals surface area (Å²) in [5.41, 5.74) is 5.02. The quantitative estimate of drug-likeness (QED) is 0.500. The van der Waals surface area contributed by atoms with Gasteiger partial charge in [-0.3, -0.25) is 15.2 Å². The number of nitrogens with zero attached hydrogens (tertiary/aromatic N) is 3. The molecule has 2 aliphatic rings. The van der Waals surface area contributed by atoms with Crippen LogP contribution < -0.4 is 10.4 Å². The minimum atomic E-state index is -1.82. The Balaban J connectivity index is 0.000000509. The summed E-state index contributed by atoms with van der Waals surface area (Å²) in [7, 11) is 0. The Hall–Kier alpha value is -2.89.